The highest BCUT2D eigenvalue weighted by molar-refractivity contribution is 5.96. The summed E-state index contributed by atoms with van der Waals surface area (Å²) in [6.07, 6.45) is -0.342. The summed E-state index contributed by atoms with van der Waals surface area (Å²) in [5.74, 6) is -3.46. The fourth-order valence-corrected chi connectivity index (χ4v) is 7.82. The van der Waals surface area contributed by atoms with Crippen LogP contribution in [-0.4, -0.2) is 102 Å². The van der Waals surface area contributed by atoms with Gasteiger partial charge >= 0.3 is 12.1 Å². The van der Waals surface area contributed by atoms with Crippen LogP contribution in [-0.2, 0) is 59.3 Å². The molecule has 334 valence electrons. The number of halogens is 1. The maximum Gasteiger partial charge on any atom is 0.407 e. The zero-order valence-electron chi connectivity index (χ0n) is 35.7. The van der Waals surface area contributed by atoms with Gasteiger partial charge in [0.25, 0.3) is 0 Å². The van der Waals surface area contributed by atoms with Crippen molar-refractivity contribution in [3.05, 3.63) is 149 Å². The second-order valence-corrected chi connectivity index (χ2v) is 15.6. The summed E-state index contributed by atoms with van der Waals surface area (Å²) < 4.78 is 24.6. The average Bonchev–Trinajstić information content (AvgIpc) is 3.30. The van der Waals surface area contributed by atoms with Crippen molar-refractivity contribution in [2.24, 2.45) is 0 Å². The molecule has 1 aliphatic heterocycles. The summed E-state index contributed by atoms with van der Waals surface area (Å²) in [6, 6.07) is 29.6. The maximum absolute atomic E-state index is 14.9. The predicted octanol–water partition coefficient (Wildman–Crippen LogP) is 4.99. The summed E-state index contributed by atoms with van der Waals surface area (Å²) in [5, 5.41) is 19.9. The summed E-state index contributed by atoms with van der Waals surface area (Å²) >= 11 is 0. The van der Waals surface area contributed by atoms with Crippen LogP contribution in [0.5, 0.6) is 5.75 Å². The molecule has 5 aromatic rings. The van der Waals surface area contributed by atoms with E-state index < -0.39 is 65.7 Å². The zero-order chi connectivity index (χ0) is 45.6. The number of rotatable bonds is 18. The van der Waals surface area contributed by atoms with E-state index in [2.05, 4.69) is 16.0 Å². The lowest BCUT2D eigenvalue weighted by Crippen LogP contribution is -2.65. The Labute approximate surface area is 370 Å². The summed E-state index contributed by atoms with van der Waals surface area (Å²) in [4.78, 5) is 85.1. The van der Waals surface area contributed by atoms with E-state index in [4.69, 9.17) is 9.47 Å². The van der Waals surface area contributed by atoms with Gasteiger partial charge in [0.15, 0.2) is 0 Å². The molecule has 4 unspecified atom stereocenters. The Balaban J connectivity index is 1.26. The minimum atomic E-state index is -1.30. The van der Waals surface area contributed by atoms with Crippen LogP contribution in [0, 0.1) is 5.82 Å². The Kier molecular flexibility index (Phi) is 16.0. The van der Waals surface area contributed by atoms with Gasteiger partial charge in [0, 0.05) is 45.8 Å². The number of hydrogen-bond donors (Lipinski definition) is 4. The van der Waals surface area contributed by atoms with Crippen molar-refractivity contribution in [3.8, 4) is 5.75 Å². The number of carbonyl (C=O) groups excluding carboxylic acids is 6. The highest BCUT2D eigenvalue weighted by atomic mass is 19.1. The Morgan fingerprint density at radius 1 is 0.750 bits per heavy atom. The quantitative estimate of drug-likeness (QED) is 0.0697. The summed E-state index contributed by atoms with van der Waals surface area (Å²) in [7, 11) is 1.25. The Morgan fingerprint density at radius 3 is 2.08 bits per heavy atom. The lowest BCUT2D eigenvalue weighted by Gasteiger charge is -2.44. The number of esters is 1. The van der Waals surface area contributed by atoms with Gasteiger partial charge in [-0.15, -0.1) is 0 Å². The number of hydrogen-bond acceptors (Lipinski definition) is 9. The molecule has 4 atom stereocenters. The highest BCUT2D eigenvalue weighted by Gasteiger charge is 2.44. The molecule has 64 heavy (non-hydrogen) atoms. The first-order valence-electron chi connectivity index (χ1n) is 21.1. The van der Waals surface area contributed by atoms with Gasteiger partial charge in [-0.05, 0) is 70.1 Å². The first-order chi connectivity index (χ1) is 30.9. The second kappa shape index (κ2) is 22.2. The molecule has 0 saturated carbocycles. The molecule has 1 fully saturated rings. The number of methoxy groups -OCH3 is 1. The average molecular weight is 874 g/mol. The molecule has 5 aromatic carbocycles. The van der Waals surface area contributed by atoms with Gasteiger partial charge in [0.1, 0.15) is 42.3 Å². The smallest absolute Gasteiger partial charge is 0.407 e. The van der Waals surface area contributed by atoms with Crippen LogP contribution in [0.15, 0.2) is 121 Å². The van der Waals surface area contributed by atoms with Gasteiger partial charge in [-0.1, -0.05) is 97.1 Å². The van der Waals surface area contributed by atoms with Crippen LogP contribution in [0.25, 0.3) is 10.8 Å². The predicted molar refractivity (Wildman–Crippen MR) is 236 cm³/mol. The van der Waals surface area contributed by atoms with Crippen LogP contribution < -0.4 is 16.0 Å². The maximum atomic E-state index is 14.9. The van der Waals surface area contributed by atoms with Gasteiger partial charge < -0.3 is 40.3 Å². The van der Waals surface area contributed by atoms with Crippen molar-refractivity contribution in [2.45, 2.75) is 69.8 Å². The number of fused-ring (bicyclic) bond motifs is 1. The van der Waals surface area contributed by atoms with Crippen molar-refractivity contribution >= 4 is 46.5 Å². The largest absolute Gasteiger partial charge is 0.508 e. The van der Waals surface area contributed by atoms with E-state index >= 15 is 0 Å². The number of aromatic hydroxyl groups is 1. The summed E-state index contributed by atoms with van der Waals surface area (Å²) in [6.45, 7) is 1.31. The van der Waals surface area contributed by atoms with Crippen molar-refractivity contribution in [1.29, 1.82) is 0 Å². The monoisotopic (exact) mass is 873 g/mol. The molecule has 14 nitrogen and oxygen atoms in total. The number of phenolic OH excluding ortho intramolecular Hbond substituents is 1. The third-order valence-corrected chi connectivity index (χ3v) is 11.1. The second-order valence-electron chi connectivity index (χ2n) is 15.6. The molecular weight excluding hydrogens is 822 g/mol. The molecule has 0 aliphatic carbocycles. The van der Waals surface area contributed by atoms with E-state index in [-0.39, 0.29) is 64.1 Å². The van der Waals surface area contributed by atoms with E-state index in [1.54, 1.807) is 12.1 Å². The Hall–Kier alpha value is -7.29. The molecule has 5 amide bonds. The molecule has 1 heterocycles. The molecule has 1 aliphatic rings. The minimum Gasteiger partial charge on any atom is -0.508 e. The van der Waals surface area contributed by atoms with E-state index in [1.807, 2.05) is 72.8 Å². The number of nitrogens with one attached hydrogen (secondary N) is 3. The van der Waals surface area contributed by atoms with Gasteiger partial charge in [-0.2, -0.15) is 0 Å². The Morgan fingerprint density at radius 2 is 1.39 bits per heavy atom. The van der Waals surface area contributed by atoms with Crippen LogP contribution in [0.1, 0.15) is 42.0 Å². The fraction of sp³-hybridized carbons (Fsp3) is 0.306. The lowest BCUT2D eigenvalue weighted by atomic mass is 9.96. The van der Waals surface area contributed by atoms with Crippen LogP contribution in [0.3, 0.4) is 0 Å². The standard InChI is InChI=1S/C49H52FN5O9/c1-32(56)52-41(28-34-17-22-40(57)23-18-34)45(58)53-42(29-33-15-20-39(50)21-16-33)46(59)54-25-26-55(44(48(61)63-2)30-36-14-19-37-11-6-7-12-38(37)27-36)47(60)43(54)13-8-24-51-49(62)64-31-35-9-4-3-5-10-35/h3-7,9-12,14-23,27,41-44,57H,8,13,24-26,28-31H2,1-2H3,(H,51,62)(H,52,56)(H,53,58). The molecule has 6 rings (SSSR count). The van der Waals surface area contributed by atoms with Crippen LogP contribution >= 0.6 is 0 Å². The van der Waals surface area contributed by atoms with Crippen LogP contribution in [0.2, 0.25) is 0 Å². The molecule has 0 spiro atoms. The number of alkyl carbamates (subject to hydrolysis) is 1. The van der Waals surface area contributed by atoms with Gasteiger partial charge in [0.05, 0.1) is 7.11 Å². The third kappa shape index (κ3) is 12.6. The van der Waals surface area contributed by atoms with Crippen molar-refractivity contribution in [1.82, 2.24) is 25.8 Å². The van der Waals surface area contributed by atoms with E-state index in [1.165, 1.54) is 60.2 Å². The Bertz CT molecular complexity index is 2420. The van der Waals surface area contributed by atoms with Gasteiger partial charge in [0.2, 0.25) is 23.6 Å². The minimum absolute atomic E-state index is 0.0174. The number of nitrogens with zero attached hydrogens (tertiary/aromatic N) is 2. The molecular formula is C49H52FN5O9. The number of piperazine rings is 1. The molecule has 1 saturated heterocycles. The van der Waals surface area contributed by atoms with Gasteiger partial charge in [-0.3, -0.25) is 19.2 Å². The fourth-order valence-electron chi connectivity index (χ4n) is 7.82. The first kappa shape index (κ1) is 46.2. The molecule has 4 N–H and O–H groups in total. The highest BCUT2D eigenvalue weighted by Crippen LogP contribution is 2.25. The topological polar surface area (TPSA) is 184 Å². The molecule has 0 radical (unpaired) electrons. The van der Waals surface area contributed by atoms with E-state index in [9.17, 15) is 38.3 Å². The number of amides is 5. The van der Waals surface area contributed by atoms with Crippen molar-refractivity contribution < 1.29 is 47.7 Å². The number of benzene rings is 5. The molecule has 15 heteroatoms. The van der Waals surface area contributed by atoms with Crippen LogP contribution in [0.4, 0.5) is 9.18 Å². The molecule has 0 aromatic heterocycles. The normalized spacial score (nSPS) is 15.1. The third-order valence-electron chi connectivity index (χ3n) is 11.1. The zero-order valence-corrected chi connectivity index (χ0v) is 35.7. The number of ether oxygens (including phenoxy) is 2. The van der Waals surface area contributed by atoms with Crippen molar-refractivity contribution in [2.75, 3.05) is 26.7 Å². The first-order valence-corrected chi connectivity index (χ1v) is 21.1. The summed E-state index contributed by atoms with van der Waals surface area (Å²) in [5.41, 5.74) is 2.72. The van der Waals surface area contributed by atoms with E-state index in [0.29, 0.717) is 11.1 Å². The number of phenols is 1. The van der Waals surface area contributed by atoms with E-state index in [0.717, 1.165) is 21.9 Å². The SMILES string of the molecule is COC(=O)C(Cc1ccc2ccccc2c1)N1CCN(C(=O)C(Cc2ccc(F)cc2)NC(=O)C(Cc2ccc(O)cc2)NC(C)=O)C(CCCNC(=O)OCc2ccccc2)C1=O. The van der Waals surface area contributed by atoms with Gasteiger partial charge in [-0.25, -0.2) is 14.0 Å². The van der Waals surface area contributed by atoms with Crippen molar-refractivity contribution in [3.63, 3.8) is 0 Å². The number of carbonyl (C=O) groups is 6. The molecule has 0 bridgehead atoms. The lowest BCUT2D eigenvalue weighted by molar-refractivity contribution is -0.162.